The number of carbonyl (C=O) groups is 1. The summed E-state index contributed by atoms with van der Waals surface area (Å²) in [5.41, 5.74) is 6.59. The minimum absolute atomic E-state index is 0.199. The second-order valence-electron chi connectivity index (χ2n) is 4.52. The zero-order valence-electron chi connectivity index (χ0n) is 11.2. The predicted octanol–water partition coefficient (Wildman–Crippen LogP) is 2.83. The Balaban J connectivity index is 2.26. The molecule has 106 valence electrons. The summed E-state index contributed by atoms with van der Waals surface area (Å²) >= 11 is 1.54. The summed E-state index contributed by atoms with van der Waals surface area (Å²) in [7, 11) is 0. The van der Waals surface area contributed by atoms with Crippen LogP contribution in [-0.4, -0.2) is 11.9 Å². The van der Waals surface area contributed by atoms with E-state index in [9.17, 15) is 9.18 Å². The third-order valence-electron chi connectivity index (χ3n) is 3.09. The van der Waals surface area contributed by atoms with Gasteiger partial charge in [0.2, 0.25) is 5.91 Å². The Morgan fingerprint density at radius 3 is 2.60 bits per heavy atom. The fraction of sp³-hybridized carbons (Fsp3) is 0.267. The molecular weight excluding hydrogens is 275 g/mol. The summed E-state index contributed by atoms with van der Waals surface area (Å²) < 4.78 is 13.0. The van der Waals surface area contributed by atoms with Gasteiger partial charge in [-0.25, -0.2) is 4.39 Å². The molecule has 1 amide bonds. The lowest BCUT2D eigenvalue weighted by Crippen LogP contribution is -2.41. The van der Waals surface area contributed by atoms with Gasteiger partial charge in [0.1, 0.15) is 5.82 Å². The largest absolute Gasteiger partial charge is 0.343 e. The van der Waals surface area contributed by atoms with Gasteiger partial charge < -0.3 is 11.1 Å². The molecule has 20 heavy (non-hydrogen) atoms. The van der Waals surface area contributed by atoms with Crippen molar-refractivity contribution in [3.05, 3.63) is 58.0 Å². The van der Waals surface area contributed by atoms with Crippen molar-refractivity contribution in [3.8, 4) is 0 Å². The molecule has 0 saturated carbocycles. The number of carbonyl (C=O) groups excluding carboxylic acids is 1. The molecule has 0 radical (unpaired) electrons. The highest BCUT2D eigenvalue weighted by Crippen LogP contribution is 2.26. The van der Waals surface area contributed by atoms with Crippen molar-refractivity contribution in [3.63, 3.8) is 0 Å². The van der Waals surface area contributed by atoms with Gasteiger partial charge in [0.15, 0.2) is 0 Å². The Morgan fingerprint density at radius 2 is 2.05 bits per heavy atom. The number of nitrogens with one attached hydrogen (secondary N) is 1. The molecule has 2 atom stereocenters. The van der Waals surface area contributed by atoms with E-state index < -0.39 is 6.04 Å². The van der Waals surface area contributed by atoms with Gasteiger partial charge in [0.25, 0.3) is 0 Å². The third-order valence-corrected chi connectivity index (χ3v) is 4.03. The smallest absolute Gasteiger partial charge is 0.237 e. The maximum Gasteiger partial charge on any atom is 0.237 e. The van der Waals surface area contributed by atoms with Gasteiger partial charge >= 0.3 is 0 Å². The molecule has 3 nitrogen and oxygen atoms in total. The minimum Gasteiger partial charge on any atom is -0.343 e. The lowest BCUT2D eigenvalue weighted by molar-refractivity contribution is -0.122. The predicted molar refractivity (Wildman–Crippen MR) is 79.0 cm³/mol. The molecule has 2 rings (SSSR count). The van der Waals surface area contributed by atoms with Crippen LogP contribution in [0.4, 0.5) is 4.39 Å². The molecule has 0 aliphatic rings. The fourth-order valence-electron chi connectivity index (χ4n) is 1.86. The zero-order valence-corrected chi connectivity index (χ0v) is 12.0. The van der Waals surface area contributed by atoms with E-state index in [4.69, 9.17) is 5.73 Å². The van der Waals surface area contributed by atoms with Crippen molar-refractivity contribution in [1.82, 2.24) is 5.32 Å². The van der Waals surface area contributed by atoms with E-state index >= 15 is 0 Å². The standard InChI is InChI=1S/C15H17FN2OS/c1-2-12(17)15(19)18-14(13-4-3-9-20-13)10-5-7-11(16)8-6-10/h3-9,12,14H,2,17H2,1H3,(H,18,19)/t12-,14?/m0/s1. The highest BCUT2D eigenvalue weighted by Gasteiger charge is 2.20. The van der Waals surface area contributed by atoms with Crippen molar-refractivity contribution >= 4 is 17.2 Å². The Labute approximate surface area is 121 Å². The van der Waals surface area contributed by atoms with E-state index in [-0.39, 0.29) is 17.8 Å². The van der Waals surface area contributed by atoms with E-state index in [1.165, 1.54) is 12.1 Å². The van der Waals surface area contributed by atoms with Crippen molar-refractivity contribution < 1.29 is 9.18 Å². The van der Waals surface area contributed by atoms with Crippen LogP contribution in [0.25, 0.3) is 0 Å². The summed E-state index contributed by atoms with van der Waals surface area (Å²) in [6, 6.07) is 9.18. The molecule has 3 N–H and O–H groups in total. The first kappa shape index (κ1) is 14.7. The van der Waals surface area contributed by atoms with E-state index in [1.807, 2.05) is 24.4 Å². The average molecular weight is 292 g/mol. The number of amides is 1. The van der Waals surface area contributed by atoms with Crippen LogP contribution >= 0.6 is 11.3 Å². The number of halogens is 1. The highest BCUT2D eigenvalue weighted by atomic mass is 32.1. The number of hydrogen-bond acceptors (Lipinski definition) is 3. The fourth-order valence-corrected chi connectivity index (χ4v) is 2.67. The zero-order chi connectivity index (χ0) is 14.5. The number of nitrogens with two attached hydrogens (primary N) is 1. The van der Waals surface area contributed by atoms with Gasteiger partial charge in [0, 0.05) is 4.88 Å². The molecular formula is C15H17FN2OS. The Hall–Kier alpha value is -1.72. The number of rotatable bonds is 5. The quantitative estimate of drug-likeness (QED) is 0.890. The van der Waals surface area contributed by atoms with Gasteiger partial charge in [-0.3, -0.25) is 4.79 Å². The van der Waals surface area contributed by atoms with E-state index in [1.54, 1.807) is 23.5 Å². The minimum atomic E-state index is -0.530. The molecule has 0 fully saturated rings. The summed E-state index contributed by atoms with van der Waals surface area (Å²) in [6.07, 6.45) is 0.576. The van der Waals surface area contributed by atoms with Gasteiger partial charge in [-0.1, -0.05) is 25.1 Å². The molecule has 0 bridgehead atoms. The van der Waals surface area contributed by atoms with Gasteiger partial charge in [-0.2, -0.15) is 0 Å². The van der Waals surface area contributed by atoms with Crippen molar-refractivity contribution in [1.29, 1.82) is 0 Å². The Morgan fingerprint density at radius 1 is 1.35 bits per heavy atom. The Kier molecular flexibility index (Phi) is 4.87. The second-order valence-corrected chi connectivity index (χ2v) is 5.50. The SMILES string of the molecule is CC[C@H](N)C(=O)NC(c1ccc(F)cc1)c1cccs1. The molecule has 0 aliphatic carbocycles. The van der Waals surface area contributed by atoms with Crippen molar-refractivity contribution in [2.45, 2.75) is 25.4 Å². The molecule has 1 aromatic heterocycles. The lowest BCUT2D eigenvalue weighted by atomic mass is 10.0. The molecule has 0 saturated heterocycles. The first-order valence-electron chi connectivity index (χ1n) is 6.46. The van der Waals surface area contributed by atoms with Gasteiger partial charge in [-0.15, -0.1) is 11.3 Å². The molecule has 0 aliphatic heterocycles. The van der Waals surface area contributed by atoms with Gasteiger partial charge in [0.05, 0.1) is 12.1 Å². The van der Waals surface area contributed by atoms with Crippen LogP contribution in [0.5, 0.6) is 0 Å². The number of thiophene rings is 1. The molecule has 2 aromatic rings. The first-order valence-corrected chi connectivity index (χ1v) is 7.34. The van der Waals surface area contributed by atoms with Gasteiger partial charge in [-0.05, 0) is 35.6 Å². The van der Waals surface area contributed by atoms with E-state index in [0.29, 0.717) is 6.42 Å². The molecule has 1 heterocycles. The number of benzene rings is 1. The maximum atomic E-state index is 13.0. The van der Waals surface area contributed by atoms with Crippen LogP contribution in [-0.2, 0) is 4.79 Å². The highest BCUT2D eigenvalue weighted by molar-refractivity contribution is 7.10. The van der Waals surface area contributed by atoms with Crippen molar-refractivity contribution in [2.24, 2.45) is 5.73 Å². The topological polar surface area (TPSA) is 55.1 Å². The molecule has 1 unspecified atom stereocenters. The normalized spacial score (nSPS) is 13.8. The van der Waals surface area contributed by atoms with Crippen LogP contribution in [0.2, 0.25) is 0 Å². The summed E-state index contributed by atoms with van der Waals surface area (Å²) in [6.45, 7) is 1.86. The lowest BCUT2D eigenvalue weighted by Gasteiger charge is -2.20. The first-order chi connectivity index (χ1) is 9.61. The molecule has 1 aromatic carbocycles. The van der Waals surface area contributed by atoms with E-state index in [0.717, 1.165) is 10.4 Å². The monoisotopic (exact) mass is 292 g/mol. The summed E-state index contributed by atoms with van der Waals surface area (Å²) in [5.74, 6) is -0.495. The van der Waals surface area contributed by atoms with Crippen LogP contribution in [0, 0.1) is 5.82 Å². The maximum absolute atomic E-state index is 13.0. The second kappa shape index (κ2) is 6.63. The van der Waals surface area contributed by atoms with Crippen LogP contribution in [0.15, 0.2) is 41.8 Å². The molecule has 5 heteroatoms. The third kappa shape index (κ3) is 3.43. The van der Waals surface area contributed by atoms with Crippen LogP contribution in [0.3, 0.4) is 0 Å². The van der Waals surface area contributed by atoms with Crippen molar-refractivity contribution in [2.75, 3.05) is 0 Å². The molecule has 0 spiro atoms. The average Bonchev–Trinajstić information content (AvgIpc) is 2.98. The van der Waals surface area contributed by atoms with E-state index in [2.05, 4.69) is 5.32 Å². The number of hydrogen-bond donors (Lipinski definition) is 2. The summed E-state index contributed by atoms with van der Waals surface area (Å²) in [5, 5.41) is 4.87. The Bertz CT molecular complexity index is 554. The van der Waals surface area contributed by atoms with Crippen LogP contribution in [0.1, 0.15) is 29.8 Å². The summed E-state index contributed by atoms with van der Waals surface area (Å²) in [4.78, 5) is 13.0. The van der Waals surface area contributed by atoms with Crippen LogP contribution < -0.4 is 11.1 Å².